The van der Waals surface area contributed by atoms with Crippen molar-refractivity contribution < 1.29 is 24.5 Å². The topological polar surface area (TPSA) is 90.3 Å². The Kier molecular flexibility index (Phi) is 7.99. The number of aliphatic hydroxyl groups is 1. The Hall–Kier alpha value is -3.32. The number of hydrogen-bond donors (Lipinski definition) is 2. The number of Topliss-reactive ketones (excluding diaryl/α,β-unsaturated/α-hetero) is 1. The van der Waals surface area contributed by atoms with Gasteiger partial charge in [-0.3, -0.25) is 9.59 Å². The molecule has 0 saturated carbocycles. The number of nitrogens with zero attached hydrogens (tertiary/aromatic N) is 2. The summed E-state index contributed by atoms with van der Waals surface area (Å²) in [6.07, 6.45) is 0.663. The molecule has 182 valence electrons. The number of benzene rings is 2. The van der Waals surface area contributed by atoms with Crippen molar-refractivity contribution in [3.63, 3.8) is 0 Å². The molecular weight excluding hydrogens is 432 g/mol. The van der Waals surface area contributed by atoms with Crippen LogP contribution in [0.2, 0.25) is 0 Å². The summed E-state index contributed by atoms with van der Waals surface area (Å²) in [5.41, 5.74) is 1.85. The van der Waals surface area contributed by atoms with Gasteiger partial charge < -0.3 is 24.7 Å². The van der Waals surface area contributed by atoms with Gasteiger partial charge in [0.15, 0.2) is 0 Å². The van der Waals surface area contributed by atoms with Gasteiger partial charge in [-0.05, 0) is 81.4 Å². The lowest BCUT2D eigenvalue weighted by Crippen LogP contribution is -2.32. The third-order valence-corrected chi connectivity index (χ3v) is 5.75. The molecule has 2 aromatic rings. The molecule has 1 heterocycles. The van der Waals surface area contributed by atoms with Crippen LogP contribution in [-0.4, -0.2) is 65.5 Å². The van der Waals surface area contributed by atoms with Gasteiger partial charge in [-0.1, -0.05) is 26.0 Å². The summed E-state index contributed by atoms with van der Waals surface area (Å²) in [6, 6.07) is 10.9. The number of phenolic OH excluding ortho intramolecular Hbond substituents is 1. The van der Waals surface area contributed by atoms with Crippen molar-refractivity contribution in [3.8, 4) is 11.5 Å². The molecule has 1 fully saturated rings. The second kappa shape index (κ2) is 10.7. The summed E-state index contributed by atoms with van der Waals surface area (Å²) < 4.78 is 5.82. The van der Waals surface area contributed by atoms with E-state index >= 15 is 0 Å². The summed E-state index contributed by atoms with van der Waals surface area (Å²) in [5, 5.41) is 21.3. The molecule has 34 heavy (non-hydrogen) atoms. The van der Waals surface area contributed by atoms with Crippen LogP contribution in [-0.2, 0) is 9.59 Å². The number of carbonyl (C=O) groups excluding carboxylic acids is 2. The normalized spacial score (nSPS) is 17.7. The molecule has 1 unspecified atom stereocenters. The Labute approximate surface area is 201 Å². The SMILES string of the molecule is Cc1cc(/C(O)=C2/C(=O)C(=O)N(CCCN(C)C)C2c2cccc(O)c2)ccc1OCC(C)C. The number of ether oxygens (including phenoxy) is 1. The summed E-state index contributed by atoms with van der Waals surface area (Å²) in [6.45, 7) is 7.66. The number of likely N-dealkylation sites (tertiary alicyclic amines) is 1. The van der Waals surface area contributed by atoms with E-state index in [4.69, 9.17) is 4.74 Å². The van der Waals surface area contributed by atoms with Crippen LogP contribution in [0.1, 0.15) is 43.0 Å². The van der Waals surface area contributed by atoms with Crippen molar-refractivity contribution in [1.82, 2.24) is 9.80 Å². The highest BCUT2D eigenvalue weighted by Gasteiger charge is 2.45. The van der Waals surface area contributed by atoms with Crippen molar-refractivity contribution in [2.75, 3.05) is 33.8 Å². The van der Waals surface area contributed by atoms with E-state index in [1.807, 2.05) is 25.9 Å². The average molecular weight is 467 g/mol. The Bertz CT molecular complexity index is 1090. The Morgan fingerprint density at radius 2 is 1.88 bits per heavy atom. The fraction of sp³-hybridized carbons (Fsp3) is 0.407. The number of aliphatic hydroxyl groups excluding tert-OH is 1. The first-order valence-corrected chi connectivity index (χ1v) is 11.6. The van der Waals surface area contributed by atoms with Gasteiger partial charge >= 0.3 is 0 Å². The van der Waals surface area contributed by atoms with Gasteiger partial charge in [0, 0.05) is 12.1 Å². The van der Waals surface area contributed by atoms with Gasteiger partial charge in [0.2, 0.25) is 0 Å². The minimum atomic E-state index is -0.786. The first-order chi connectivity index (χ1) is 16.1. The summed E-state index contributed by atoms with van der Waals surface area (Å²) in [4.78, 5) is 29.6. The molecule has 1 saturated heterocycles. The number of amides is 1. The fourth-order valence-corrected chi connectivity index (χ4v) is 4.08. The third kappa shape index (κ3) is 5.59. The molecule has 1 aliphatic rings. The fourth-order valence-electron chi connectivity index (χ4n) is 4.08. The van der Waals surface area contributed by atoms with E-state index < -0.39 is 17.7 Å². The van der Waals surface area contributed by atoms with E-state index in [9.17, 15) is 19.8 Å². The highest BCUT2D eigenvalue weighted by Crippen LogP contribution is 2.40. The van der Waals surface area contributed by atoms with Gasteiger partial charge in [0.25, 0.3) is 11.7 Å². The number of ketones is 1. The Balaban J connectivity index is 2.04. The molecule has 0 radical (unpaired) electrons. The minimum absolute atomic E-state index is 0.0238. The van der Waals surface area contributed by atoms with Crippen molar-refractivity contribution in [1.29, 1.82) is 0 Å². The second-order valence-electron chi connectivity index (χ2n) is 9.43. The number of rotatable bonds is 9. The first-order valence-electron chi connectivity index (χ1n) is 11.6. The average Bonchev–Trinajstić information content (AvgIpc) is 3.02. The molecule has 0 aromatic heterocycles. The van der Waals surface area contributed by atoms with E-state index in [1.165, 1.54) is 17.0 Å². The van der Waals surface area contributed by atoms with Gasteiger partial charge in [0.1, 0.15) is 17.3 Å². The maximum absolute atomic E-state index is 13.1. The van der Waals surface area contributed by atoms with Gasteiger partial charge in [0.05, 0.1) is 18.2 Å². The third-order valence-electron chi connectivity index (χ3n) is 5.75. The molecule has 0 spiro atoms. The van der Waals surface area contributed by atoms with Crippen LogP contribution < -0.4 is 4.74 Å². The Morgan fingerprint density at radius 3 is 2.50 bits per heavy atom. The van der Waals surface area contributed by atoms with Gasteiger partial charge in [-0.2, -0.15) is 0 Å². The number of aryl methyl sites for hydroxylation is 1. The molecular formula is C27H34N2O5. The van der Waals surface area contributed by atoms with E-state index in [-0.39, 0.29) is 17.1 Å². The quantitative estimate of drug-likeness (QED) is 0.328. The highest BCUT2D eigenvalue weighted by atomic mass is 16.5. The monoisotopic (exact) mass is 466 g/mol. The summed E-state index contributed by atoms with van der Waals surface area (Å²) >= 11 is 0. The maximum Gasteiger partial charge on any atom is 0.295 e. The smallest absolute Gasteiger partial charge is 0.295 e. The van der Waals surface area contributed by atoms with Crippen LogP contribution in [0, 0.1) is 12.8 Å². The highest BCUT2D eigenvalue weighted by molar-refractivity contribution is 6.46. The van der Waals surface area contributed by atoms with Crippen molar-refractivity contribution >= 4 is 17.4 Å². The lowest BCUT2D eigenvalue weighted by atomic mass is 9.94. The molecule has 1 amide bonds. The zero-order valence-electron chi connectivity index (χ0n) is 20.5. The molecule has 0 bridgehead atoms. The zero-order valence-corrected chi connectivity index (χ0v) is 20.5. The van der Waals surface area contributed by atoms with E-state index in [0.717, 1.165) is 12.1 Å². The van der Waals surface area contributed by atoms with Crippen LogP contribution in [0.4, 0.5) is 0 Å². The van der Waals surface area contributed by atoms with E-state index in [0.29, 0.717) is 42.4 Å². The number of hydrogen-bond acceptors (Lipinski definition) is 6. The van der Waals surface area contributed by atoms with E-state index in [1.54, 1.807) is 30.3 Å². The van der Waals surface area contributed by atoms with Crippen LogP contribution in [0.15, 0.2) is 48.0 Å². The maximum atomic E-state index is 13.1. The molecule has 7 heteroatoms. The van der Waals surface area contributed by atoms with Crippen molar-refractivity contribution in [3.05, 3.63) is 64.7 Å². The first kappa shape index (κ1) is 25.3. The molecule has 3 rings (SSSR count). The Morgan fingerprint density at radius 1 is 1.15 bits per heavy atom. The van der Waals surface area contributed by atoms with Crippen molar-refractivity contribution in [2.45, 2.75) is 33.2 Å². The summed E-state index contributed by atoms with van der Waals surface area (Å²) in [7, 11) is 3.88. The molecule has 0 aliphatic carbocycles. The molecule has 7 nitrogen and oxygen atoms in total. The molecule has 2 N–H and O–H groups in total. The summed E-state index contributed by atoms with van der Waals surface area (Å²) in [5.74, 6) is -0.507. The molecule has 2 aromatic carbocycles. The molecule has 1 aliphatic heterocycles. The lowest BCUT2D eigenvalue weighted by molar-refractivity contribution is -0.139. The molecule has 1 atom stereocenters. The van der Waals surface area contributed by atoms with Crippen LogP contribution in [0.3, 0.4) is 0 Å². The standard InChI is InChI=1S/C27H34N2O5/c1-17(2)16-34-22-11-10-20(14-18(22)3)25(31)23-24(19-8-6-9-21(30)15-19)29(27(33)26(23)32)13-7-12-28(4)5/h6,8-11,14-15,17,24,30-31H,7,12-13,16H2,1-5H3/b25-23-. The van der Waals surface area contributed by atoms with Crippen LogP contribution >= 0.6 is 0 Å². The number of phenols is 1. The van der Waals surface area contributed by atoms with E-state index in [2.05, 4.69) is 13.8 Å². The predicted octanol–water partition coefficient (Wildman–Crippen LogP) is 4.11. The second-order valence-corrected chi connectivity index (χ2v) is 9.43. The largest absolute Gasteiger partial charge is 0.508 e. The minimum Gasteiger partial charge on any atom is -0.508 e. The number of carbonyl (C=O) groups is 2. The predicted molar refractivity (Wildman–Crippen MR) is 132 cm³/mol. The van der Waals surface area contributed by atoms with Gasteiger partial charge in [-0.15, -0.1) is 0 Å². The number of aromatic hydroxyl groups is 1. The lowest BCUT2D eigenvalue weighted by Gasteiger charge is -2.26. The van der Waals surface area contributed by atoms with Gasteiger partial charge in [-0.25, -0.2) is 0 Å². The van der Waals surface area contributed by atoms with Crippen LogP contribution in [0.25, 0.3) is 5.76 Å². The van der Waals surface area contributed by atoms with Crippen LogP contribution in [0.5, 0.6) is 11.5 Å². The van der Waals surface area contributed by atoms with Crippen molar-refractivity contribution in [2.24, 2.45) is 5.92 Å². The zero-order chi connectivity index (χ0) is 25.0.